The fourth-order valence-corrected chi connectivity index (χ4v) is 2.08. The Labute approximate surface area is 122 Å². The van der Waals surface area contributed by atoms with E-state index < -0.39 is 11.5 Å². The van der Waals surface area contributed by atoms with Gasteiger partial charge in [-0.2, -0.15) is 0 Å². The third kappa shape index (κ3) is 4.24. The molecule has 2 amide bonds. The van der Waals surface area contributed by atoms with Crippen LogP contribution in [0.3, 0.4) is 0 Å². The Balaban J connectivity index is 1.95. The Hall–Kier alpha value is -2.50. The van der Waals surface area contributed by atoms with Crippen molar-refractivity contribution in [2.24, 2.45) is 0 Å². The first-order chi connectivity index (χ1) is 9.85. The lowest BCUT2D eigenvalue weighted by Gasteiger charge is -2.25. The van der Waals surface area contributed by atoms with E-state index in [0.29, 0.717) is 12.1 Å². The van der Waals surface area contributed by atoms with E-state index >= 15 is 0 Å². The van der Waals surface area contributed by atoms with E-state index in [2.05, 4.69) is 15.6 Å². The Morgan fingerprint density at radius 3 is 2.76 bits per heavy atom. The van der Waals surface area contributed by atoms with Gasteiger partial charge in [0, 0.05) is 34.7 Å². The molecule has 0 saturated heterocycles. The largest absolute Gasteiger partial charge is 0.481 e. The number of aromatic nitrogens is 1. The molecular formula is C15H19N3O3. The lowest BCUT2D eigenvalue weighted by molar-refractivity contribution is -0.137. The summed E-state index contributed by atoms with van der Waals surface area (Å²) in [6, 6.07) is 7.15. The van der Waals surface area contributed by atoms with Gasteiger partial charge in [0.2, 0.25) is 0 Å². The van der Waals surface area contributed by atoms with Gasteiger partial charge in [0.25, 0.3) is 0 Å². The van der Waals surface area contributed by atoms with Crippen molar-refractivity contribution in [3.63, 3.8) is 0 Å². The lowest BCUT2D eigenvalue weighted by Crippen LogP contribution is -2.45. The minimum Gasteiger partial charge on any atom is -0.481 e. The molecule has 0 spiro atoms. The van der Waals surface area contributed by atoms with Crippen LogP contribution in [0.15, 0.2) is 30.5 Å². The van der Waals surface area contributed by atoms with Crippen LogP contribution < -0.4 is 10.6 Å². The van der Waals surface area contributed by atoms with Crippen molar-refractivity contribution in [2.45, 2.75) is 32.2 Å². The van der Waals surface area contributed by atoms with Gasteiger partial charge in [-0.25, -0.2) is 4.79 Å². The molecule has 6 nitrogen and oxygen atoms in total. The Kier molecular flexibility index (Phi) is 4.16. The van der Waals surface area contributed by atoms with Gasteiger partial charge in [-0.15, -0.1) is 0 Å². The van der Waals surface area contributed by atoms with Gasteiger partial charge in [0.05, 0.1) is 0 Å². The van der Waals surface area contributed by atoms with E-state index in [-0.39, 0.29) is 12.5 Å². The monoisotopic (exact) mass is 289 g/mol. The fraction of sp³-hybridized carbons (Fsp3) is 0.333. The molecule has 112 valence electrons. The number of benzene rings is 1. The molecule has 0 radical (unpaired) electrons. The number of carbonyl (C=O) groups is 2. The highest BCUT2D eigenvalue weighted by Crippen LogP contribution is 2.18. The maximum absolute atomic E-state index is 12.0. The number of aliphatic carboxylic acids is 1. The predicted octanol–water partition coefficient (Wildman–Crippen LogP) is 2.93. The minimum absolute atomic E-state index is 0.0165. The second-order valence-electron chi connectivity index (χ2n) is 5.64. The molecule has 0 aliphatic heterocycles. The van der Waals surface area contributed by atoms with E-state index in [9.17, 15) is 9.59 Å². The van der Waals surface area contributed by atoms with Gasteiger partial charge in [0.15, 0.2) is 0 Å². The number of hydrogen-bond donors (Lipinski definition) is 4. The van der Waals surface area contributed by atoms with Crippen LogP contribution in [0.5, 0.6) is 0 Å². The van der Waals surface area contributed by atoms with Crippen molar-refractivity contribution >= 4 is 28.6 Å². The summed E-state index contributed by atoms with van der Waals surface area (Å²) in [6.45, 7) is 3.59. The van der Waals surface area contributed by atoms with Crippen LogP contribution in [-0.2, 0) is 4.79 Å². The van der Waals surface area contributed by atoms with Crippen LogP contribution >= 0.6 is 0 Å². The quantitative estimate of drug-likeness (QED) is 0.681. The molecule has 21 heavy (non-hydrogen) atoms. The highest BCUT2D eigenvalue weighted by atomic mass is 16.4. The van der Waals surface area contributed by atoms with Crippen LogP contribution in [0.25, 0.3) is 10.9 Å². The van der Waals surface area contributed by atoms with E-state index in [1.165, 1.54) is 0 Å². The van der Waals surface area contributed by atoms with Gasteiger partial charge in [0.1, 0.15) is 0 Å². The molecule has 0 bridgehead atoms. The molecule has 2 aromatic rings. The number of urea groups is 1. The second kappa shape index (κ2) is 5.87. The SMILES string of the molecule is CC(C)(CCC(=O)O)NC(=O)Nc1ccc2[nH]ccc2c1. The van der Waals surface area contributed by atoms with Gasteiger partial charge in [-0.05, 0) is 44.5 Å². The molecule has 1 heterocycles. The molecule has 4 N–H and O–H groups in total. The summed E-state index contributed by atoms with van der Waals surface area (Å²) >= 11 is 0. The predicted molar refractivity (Wildman–Crippen MR) is 81.4 cm³/mol. The number of H-pyrrole nitrogens is 1. The number of carboxylic acid groups (broad SMARTS) is 1. The Bertz CT molecular complexity index is 661. The number of amides is 2. The molecular weight excluding hydrogens is 270 g/mol. The minimum atomic E-state index is -0.872. The summed E-state index contributed by atoms with van der Waals surface area (Å²) in [5.41, 5.74) is 1.11. The maximum Gasteiger partial charge on any atom is 0.319 e. The summed E-state index contributed by atoms with van der Waals surface area (Å²) in [7, 11) is 0. The molecule has 0 aliphatic rings. The molecule has 0 unspecified atom stereocenters. The number of fused-ring (bicyclic) bond motifs is 1. The lowest BCUT2D eigenvalue weighted by atomic mass is 9.99. The first kappa shape index (κ1) is 14.9. The van der Waals surface area contributed by atoms with Crippen molar-refractivity contribution in [3.05, 3.63) is 30.5 Å². The Morgan fingerprint density at radius 1 is 1.29 bits per heavy atom. The molecule has 0 atom stereocenters. The van der Waals surface area contributed by atoms with E-state index in [0.717, 1.165) is 10.9 Å². The number of rotatable bonds is 5. The highest BCUT2D eigenvalue weighted by molar-refractivity contribution is 5.93. The van der Waals surface area contributed by atoms with Gasteiger partial charge in [-0.3, -0.25) is 4.79 Å². The van der Waals surface area contributed by atoms with Crippen LogP contribution in [0.2, 0.25) is 0 Å². The van der Waals surface area contributed by atoms with Gasteiger partial charge in [-0.1, -0.05) is 0 Å². The average molecular weight is 289 g/mol. The van der Waals surface area contributed by atoms with Gasteiger partial charge >= 0.3 is 12.0 Å². The molecule has 1 aromatic heterocycles. The summed E-state index contributed by atoms with van der Waals surface area (Å²) < 4.78 is 0. The number of nitrogens with one attached hydrogen (secondary N) is 3. The van der Waals surface area contributed by atoms with Crippen molar-refractivity contribution in [3.8, 4) is 0 Å². The molecule has 1 aromatic carbocycles. The zero-order chi connectivity index (χ0) is 15.5. The average Bonchev–Trinajstić information content (AvgIpc) is 2.83. The molecule has 0 aliphatic carbocycles. The van der Waals surface area contributed by atoms with Crippen molar-refractivity contribution < 1.29 is 14.7 Å². The molecule has 0 fully saturated rings. The molecule has 0 saturated carbocycles. The van der Waals surface area contributed by atoms with Crippen LogP contribution in [-0.4, -0.2) is 27.6 Å². The molecule has 6 heteroatoms. The van der Waals surface area contributed by atoms with Crippen molar-refractivity contribution in [1.29, 1.82) is 0 Å². The second-order valence-corrected chi connectivity index (χ2v) is 5.64. The van der Waals surface area contributed by atoms with E-state index in [1.54, 1.807) is 13.8 Å². The van der Waals surface area contributed by atoms with Crippen molar-refractivity contribution in [1.82, 2.24) is 10.3 Å². The summed E-state index contributed by atoms with van der Waals surface area (Å²) in [4.78, 5) is 25.6. The first-order valence-corrected chi connectivity index (χ1v) is 6.74. The first-order valence-electron chi connectivity index (χ1n) is 6.74. The standard InChI is InChI=1S/C15H19N3O3/c1-15(2,7-5-13(19)20)18-14(21)17-11-3-4-12-10(9-11)6-8-16-12/h3-4,6,8-9,16H,5,7H2,1-2H3,(H,19,20)(H2,17,18,21). The van der Waals surface area contributed by atoms with Crippen LogP contribution in [0.1, 0.15) is 26.7 Å². The maximum atomic E-state index is 12.0. The van der Waals surface area contributed by atoms with Gasteiger partial charge < -0.3 is 20.7 Å². The number of carboxylic acids is 1. The van der Waals surface area contributed by atoms with Crippen LogP contribution in [0.4, 0.5) is 10.5 Å². The van der Waals surface area contributed by atoms with E-state index in [4.69, 9.17) is 5.11 Å². The number of aromatic amines is 1. The number of hydrogen-bond acceptors (Lipinski definition) is 2. The zero-order valence-electron chi connectivity index (χ0n) is 12.1. The topological polar surface area (TPSA) is 94.2 Å². The molecule has 2 rings (SSSR count). The third-order valence-electron chi connectivity index (χ3n) is 3.23. The normalized spacial score (nSPS) is 11.3. The fourth-order valence-electron chi connectivity index (χ4n) is 2.08. The highest BCUT2D eigenvalue weighted by Gasteiger charge is 2.21. The Morgan fingerprint density at radius 2 is 2.05 bits per heavy atom. The summed E-state index contributed by atoms with van der Waals surface area (Å²) in [5.74, 6) is -0.872. The zero-order valence-corrected chi connectivity index (χ0v) is 12.1. The third-order valence-corrected chi connectivity index (χ3v) is 3.23. The van der Waals surface area contributed by atoms with E-state index in [1.807, 2.05) is 30.5 Å². The van der Waals surface area contributed by atoms with Crippen molar-refractivity contribution in [2.75, 3.05) is 5.32 Å². The number of carbonyl (C=O) groups excluding carboxylic acids is 1. The summed E-state index contributed by atoms with van der Waals surface area (Å²) in [5, 5.41) is 15.2. The number of anilines is 1. The smallest absolute Gasteiger partial charge is 0.319 e. The summed E-state index contributed by atoms with van der Waals surface area (Å²) in [6.07, 6.45) is 2.22. The van der Waals surface area contributed by atoms with Crippen LogP contribution in [0, 0.1) is 0 Å².